The summed E-state index contributed by atoms with van der Waals surface area (Å²) >= 11 is 6.19. The lowest BCUT2D eigenvalue weighted by atomic mass is 9.89. The van der Waals surface area contributed by atoms with Crippen LogP contribution in [0, 0.1) is 11.8 Å². The quantitative estimate of drug-likeness (QED) is 0.434. The highest BCUT2D eigenvalue weighted by Gasteiger charge is 2.53. The number of amides is 2. The van der Waals surface area contributed by atoms with Crippen molar-refractivity contribution >= 4 is 35.3 Å². The molecule has 232 valence electrons. The summed E-state index contributed by atoms with van der Waals surface area (Å²) in [6.45, 7) is 7.78. The Hall–Kier alpha value is -3.87. The minimum atomic E-state index is -5.08. The molecule has 1 aromatic carbocycles. The molecule has 0 saturated heterocycles. The summed E-state index contributed by atoms with van der Waals surface area (Å²) < 4.78 is 37.8. The zero-order chi connectivity index (χ0) is 31.9. The first kappa shape index (κ1) is 32.1. The first-order valence-electron chi connectivity index (χ1n) is 13.5. The average molecular weight is 624 g/mol. The molecule has 4 N–H and O–H groups in total. The van der Waals surface area contributed by atoms with Gasteiger partial charge < -0.3 is 20.9 Å². The van der Waals surface area contributed by atoms with E-state index in [0.29, 0.717) is 23.6 Å². The van der Waals surface area contributed by atoms with Crippen molar-refractivity contribution in [1.82, 2.24) is 15.2 Å². The first-order valence-corrected chi connectivity index (χ1v) is 13.9. The van der Waals surface area contributed by atoms with Gasteiger partial charge in [-0.15, -0.1) is 0 Å². The van der Waals surface area contributed by atoms with Crippen molar-refractivity contribution in [3.63, 3.8) is 0 Å². The van der Waals surface area contributed by atoms with Crippen LogP contribution >= 0.6 is 11.6 Å². The molecule has 0 spiro atoms. The van der Waals surface area contributed by atoms with Gasteiger partial charge in [-0.3, -0.25) is 19.5 Å². The number of carboxylic acid groups (broad SMARTS) is 1. The molecule has 3 aliphatic rings. The topological polar surface area (TPSA) is 147 Å². The Labute approximate surface area is 251 Å². The van der Waals surface area contributed by atoms with Gasteiger partial charge in [0, 0.05) is 35.3 Å². The molecule has 1 aliphatic carbocycles. The summed E-state index contributed by atoms with van der Waals surface area (Å²) in [5.74, 6) is -2.36. The molecule has 43 heavy (non-hydrogen) atoms. The van der Waals surface area contributed by atoms with E-state index in [1.54, 1.807) is 23.4 Å². The molecule has 10 nitrogen and oxygen atoms in total. The minimum Gasteiger partial charge on any atom is -0.487 e. The molecular formula is C29H33ClF3N5O5. The molecule has 2 aromatic rings. The Morgan fingerprint density at radius 1 is 1.23 bits per heavy atom. The van der Waals surface area contributed by atoms with E-state index in [2.05, 4.69) is 15.3 Å². The Bertz CT molecular complexity index is 1430. The minimum absolute atomic E-state index is 0.0437. The van der Waals surface area contributed by atoms with Crippen LogP contribution in [0.15, 0.2) is 47.7 Å². The number of aromatic nitrogens is 1. The Morgan fingerprint density at radius 2 is 1.91 bits per heavy atom. The molecule has 1 saturated carbocycles. The normalized spacial score (nSPS) is 24.3. The summed E-state index contributed by atoms with van der Waals surface area (Å²) in [5, 5.41) is 11.0. The number of aliphatic imine (C=N–C) groups is 1. The number of fused-ring (bicyclic) bond motifs is 1. The van der Waals surface area contributed by atoms with Gasteiger partial charge in [-0.2, -0.15) is 13.2 Å². The van der Waals surface area contributed by atoms with Crippen molar-refractivity contribution in [1.29, 1.82) is 0 Å². The zero-order valence-electron chi connectivity index (χ0n) is 24.0. The predicted molar refractivity (Wildman–Crippen MR) is 151 cm³/mol. The fraction of sp³-hybridized carbons (Fsp3) is 0.483. The third-order valence-corrected chi connectivity index (χ3v) is 7.63. The fourth-order valence-corrected chi connectivity index (χ4v) is 5.68. The van der Waals surface area contributed by atoms with Crippen molar-refractivity contribution in [3.05, 3.63) is 58.9 Å². The number of halogens is 4. The van der Waals surface area contributed by atoms with Crippen molar-refractivity contribution in [2.45, 2.75) is 76.4 Å². The molecular weight excluding hydrogens is 591 g/mol. The van der Waals surface area contributed by atoms with Gasteiger partial charge >= 0.3 is 12.1 Å². The molecule has 14 heteroatoms. The number of guanidine groups is 1. The summed E-state index contributed by atoms with van der Waals surface area (Å²) in [5.41, 5.74) is 7.08. The lowest BCUT2D eigenvalue weighted by Crippen LogP contribution is -2.52. The average Bonchev–Trinajstić information content (AvgIpc) is 3.65. The van der Waals surface area contributed by atoms with Gasteiger partial charge in [0.15, 0.2) is 5.96 Å². The van der Waals surface area contributed by atoms with Crippen LogP contribution in [0.4, 0.5) is 13.2 Å². The second kappa shape index (κ2) is 11.7. The third-order valence-electron chi connectivity index (χ3n) is 7.39. The number of alkyl halides is 3. The number of carbonyl (C=O) groups excluding carboxylic acids is 2. The van der Waals surface area contributed by atoms with Crippen LogP contribution in [-0.2, 0) is 14.4 Å². The summed E-state index contributed by atoms with van der Waals surface area (Å²) in [6.07, 6.45) is -0.126. The molecule has 3 heterocycles. The molecule has 1 aromatic heterocycles. The standard InChI is InChI=1S/C27H32ClN5O3.C2HF3O2/c1-26(2)13-22(34)33(25(29)32-26)23(15-6-5-9-30-14-15)18-11-19(18)24(35)31-20-12-27(3,4)36-21-10-16(28)7-8-17(20)21;3-2(4,5)1(6)7/h5-10,14,18-20,23H,11-13H2,1-4H3,(H2,29,32)(H,31,35);(H,6,7)/t18-,19-,20?,23+;/m1./s1. The van der Waals surface area contributed by atoms with Gasteiger partial charge in [0.25, 0.3) is 0 Å². The van der Waals surface area contributed by atoms with Crippen molar-refractivity contribution in [2.24, 2.45) is 22.6 Å². The molecule has 0 radical (unpaired) electrons. The van der Waals surface area contributed by atoms with Gasteiger partial charge in [0.1, 0.15) is 11.4 Å². The van der Waals surface area contributed by atoms with Gasteiger partial charge in [-0.25, -0.2) is 9.79 Å². The summed E-state index contributed by atoms with van der Waals surface area (Å²) in [4.78, 5) is 46.0. The molecule has 4 atom stereocenters. The predicted octanol–water partition coefficient (Wildman–Crippen LogP) is 4.79. The van der Waals surface area contributed by atoms with Crippen LogP contribution in [0.5, 0.6) is 5.75 Å². The number of hydrogen-bond donors (Lipinski definition) is 3. The van der Waals surface area contributed by atoms with E-state index in [9.17, 15) is 22.8 Å². The molecule has 1 fully saturated rings. The molecule has 1 unspecified atom stereocenters. The van der Waals surface area contributed by atoms with Crippen LogP contribution in [0.2, 0.25) is 5.02 Å². The first-order chi connectivity index (χ1) is 19.9. The number of ether oxygens (including phenoxy) is 1. The third kappa shape index (κ3) is 7.56. The van der Waals surface area contributed by atoms with Crippen LogP contribution in [0.25, 0.3) is 0 Å². The van der Waals surface area contributed by atoms with Crippen molar-refractivity contribution in [3.8, 4) is 5.75 Å². The number of nitrogens with one attached hydrogen (secondary N) is 1. The Kier molecular flexibility index (Phi) is 8.70. The second-order valence-corrected chi connectivity index (χ2v) is 12.5. The van der Waals surface area contributed by atoms with Crippen LogP contribution in [-0.4, -0.2) is 56.0 Å². The maximum Gasteiger partial charge on any atom is 0.490 e. The summed E-state index contributed by atoms with van der Waals surface area (Å²) in [7, 11) is 0. The number of pyridine rings is 1. The number of carbonyl (C=O) groups is 3. The largest absolute Gasteiger partial charge is 0.490 e. The van der Waals surface area contributed by atoms with Crippen LogP contribution in [0.3, 0.4) is 0 Å². The zero-order valence-corrected chi connectivity index (χ0v) is 24.7. The van der Waals surface area contributed by atoms with Crippen molar-refractivity contribution in [2.75, 3.05) is 0 Å². The van der Waals surface area contributed by atoms with Gasteiger partial charge in [-0.1, -0.05) is 23.7 Å². The van der Waals surface area contributed by atoms with Crippen molar-refractivity contribution < 1.29 is 37.4 Å². The van der Waals surface area contributed by atoms with Gasteiger partial charge in [0.05, 0.1) is 24.0 Å². The van der Waals surface area contributed by atoms with E-state index in [1.165, 1.54) is 0 Å². The lowest BCUT2D eigenvalue weighted by molar-refractivity contribution is -0.192. The molecule has 0 bridgehead atoms. The van der Waals surface area contributed by atoms with Crippen LogP contribution in [0.1, 0.15) is 70.2 Å². The number of hydrogen-bond acceptors (Lipinski definition) is 7. The van der Waals surface area contributed by atoms with E-state index in [4.69, 9.17) is 32.0 Å². The Morgan fingerprint density at radius 3 is 2.49 bits per heavy atom. The number of benzene rings is 1. The van der Waals surface area contributed by atoms with E-state index >= 15 is 0 Å². The monoisotopic (exact) mass is 623 g/mol. The number of nitrogens with zero attached hydrogens (tertiary/aromatic N) is 3. The molecule has 5 rings (SSSR count). The highest BCUT2D eigenvalue weighted by Crippen LogP contribution is 2.51. The van der Waals surface area contributed by atoms with Gasteiger partial charge in [0.2, 0.25) is 11.8 Å². The van der Waals surface area contributed by atoms with Crippen LogP contribution < -0.4 is 15.8 Å². The fourth-order valence-electron chi connectivity index (χ4n) is 5.52. The highest BCUT2D eigenvalue weighted by molar-refractivity contribution is 6.30. The van der Waals surface area contributed by atoms with E-state index in [1.807, 2.05) is 52.0 Å². The summed E-state index contributed by atoms with van der Waals surface area (Å²) in [6, 6.07) is 8.66. The highest BCUT2D eigenvalue weighted by atomic mass is 35.5. The number of rotatable bonds is 5. The number of carboxylic acids is 1. The number of nitrogens with two attached hydrogens (primary N) is 1. The second-order valence-electron chi connectivity index (χ2n) is 12.1. The van der Waals surface area contributed by atoms with E-state index in [0.717, 1.165) is 11.1 Å². The van der Waals surface area contributed by atoms with E-state index in [-0.39, 0.29) is 42.1 Å². The van der Waals surface area contributed by atoms with Gasteiger partial charge in [-0.05, 0) is 63.8 Å². The maximum absolute atomic E-state index is 13.5. The molecule has 2 aliphatic heterocycles. The number of aliphatic carboxylic acids is 1. The van der Waals surface area contributed by atoms with E-state index < -0.39 is 29.3 Å². The maximum atomic E-state index is 13.5. The molecule has 2 amide bonds. The smallest absolute Gasteiger partial charge is 0.487 e. The lowest BCUT2D eigenvalue weighted by Gasteiger charge is -2.38. The Balaban J connectivity index is 0.000000541. The SMILES string of the molecule is CC1(C)CC(=O)N([C@@H](c2cccnc2)[C@@H]2C[C@H]2C(=O)NC2CC(C)(C)Oc3cc(Cl)ccc32)C(N)=N1.O=C(O)C(F)(F)F.